The monoisotopic (exact) mass is 279 g/mol. The lowest BCUT2D eigenvalue weighted by atomic mass is 10.1. The molecule has 0 amide bonds. The number of hydrazine groups is 1. The van der Waals surface area contributed by atoms with Crippen molar-refractivity contribution >= 4 is 0 Å². The van der Waals surface area contributed by atoms with E-state index in [0.717, 1.165) is 17.1 Å². The van der Waals surface area contributed by atoms with E-state index in [1.54, 1.807) is 12.4 Å². The molecule has 3 N–H and O–H groups in total. The van der Waals surface area contributed by atoms with Gasteiger partial charge in [-0.2, -0.15) is 5.10 Å². The van der Waals surface area contributed by atoms with Crippen LogP contribution in [-0.2, 0) is 6.42 Å². The van der Waals surface area contributed by atoms with Gasteiger partial charge in [-0.1, -0.05) is 24.3 Å². The molecule has 0 aliphatic carbocycles. The fraction of sp³-hybridized carbons (Fsp3) is 0.125. The predicted molar refractivity (Wildman–Crippen MR) is 81.6 cm³/mol. The second-order valence-corrected chi connectivity index (χ2v) is 4.75. The molecule has 2 heterocycles. The number of para-hydroxylation sites is 1. The first-order valence-electron chi connectivity index (χ1n) is 6.84. The zero-order valence-corrected chi connectivity index (χ0v) is 11.6. The summed E-state index contributed by atoms with van der Waals surface area (Å²) in [7, 11) is 0. The number of pyridine rings is 1. The molecule has 5 heteroatoms. The summed E-state index contributed by atoms with van der Waals surface area (Å²) in [4.78, 5) is 4.35. The van der Waals surface area contributed by atoms with Crippen molar-refractivity contribution in [1.29, 1.82) is 0 Å². The van der Waals surface area contributed by atoms with Gasteiger partial charge in [-0.15, -0.1) is 0 Å². The van der Waals surface area contributed by atoms with Crippen LogP contribution in [0.25, 0.3) is 5.69 Å². The van der Waals surface area contributed by atoms with Crippen LogP contribution < -0.4 is 11.3 Å². The highest BCUT2D eigenvalue weighted by Crippen LogP contribution is 2.19. The van der Waals surface area contributed by atoms with Crippen molar-refractivity contribution < 1.29 is 0 Å². The molecule has 106 valence electrons. The highest BCUT2D eigenvalue weighted by molar-refractivity contribution is 5.33. The Kier molecular flexibility index (Phi) is 4.04. The maximum atomic E-state index is 5.74. The third-order valence-electron chi connectivity index (χ3n) is 3.37. The summed E-state index contributed by atoms with van der Waals surface area (Å²) in [5.41, 5.74) is 5.87. The van der Waals surface area contributed by atoms with Crippen molar-refractivity contribution in [3.8, 4) is 5.69 Å². The Morgan fingerprint density at radius 3 is 2.52 bits per heavy atom. The normalized spacial score (nSPS) is 12.2. The summed E-state index contributed by atoms with van der Waals surface area (Å²) in [6.45, 7) is 0. The number of nitrogens with two attached hydrogens (primary N) is 1. The largest absolute Gasteiger partial charge is 0.271 e. The fourth-order valence-corrected chi connectivity index (χ4v) is 2.34. The number of nitrogens with one attached hydrogen (secondary N) is 1. The minimum Gasteiger partial charge on any atom is -0.271 e. The summed E-state index contributed by atoms with van der Waals surface area (Å²) >= 11 is 0. The number of rotatable bonds is 5. The standard InChI is InChI=1S/C16H17N5/c17-20-15(12-13-6-4-5-10-18-13)16-9-11-19-21(16)14-7-2-1-3-8-14/h1-11,15,20H,12,17H2. The van der Waals surface area contributed by atoms with Crippen molar-refractivity contribution in [2.75, 3.05) is 0 Å². The molecule has 0 spiro atoms. The first kappa shape index (κ1) is 13.5. The molecule has 0 aliphatic rings. The van der Waals surface area contributed by atoms with Crippen molar-refractivity contribution in [2.24, 2.45) is 5.84 Å². The lowest BCUT2D eigenvalue weighted by Gasteiger charge is -2.17. The second-order valence-electron chi connectivity index (χ2n) is 4.75. The van der Waals surface area contributed by atoms with Gasteiger partial charge in [0, 0.05) is 24.5 Å². The topological polar surface area (TPSA) is 68.8 Å². The molecule has 0 fully saturated rings. The van der Waals surface area contributed by atoms with Gasteiger partial charge in [0.25, 0.3) is 0 Å². The molecular weight excluding hydrogens is 262 g/mol. The third kappa shape index (κ3) is 2.99. The summed E-state index contributed by atoms with van der Waals surface area (Å²) in [5.74, 6) is 5.74. The van der Waals surface area contributed by atoms with E-state index < -0.39 is 0 Å². The number of hydrogen-bond donors (Lipinski definition) is 2. The molecule has 1 aromatic carbocycles. The molecule has 5 nitrogen and oxygen atoms in total. The molecular formula is C16H17N5. The van der Waals surface area contributed by atoms with Crippen LogP contribution in [0, 0.1) is 0 Å². The van der Waals surface area contributed by atoms with E-state index in [1.807, 2.05) is 59.3 Å². The minimum absolute atomic E-state index is 0.0531. The van der Waals surface area contributed by atoms with Gasteiger partial charge in [-0.25, -0.2) is 4.68 Å². The Labute approximate surface area is 123 Å². The summed E-state index contributed by atoms with van der Waals surface area (Å²) < 4.78 is 1.90. The number of nitrogens with zero attached hydrogens (tertiary/aromatic N) is 3. The van der Waals surface area contributed by atoms with Crippen molar-refractivity contribution in [3.63, 3.8) is 0 Å². The van der Waals surface area contributed by atoms with E-state index in [1.165, 1.54) is 0 Å². The Morgan fingerprint density at radius 1 is 1.00 bits per heavy atom. The van der Waals surface area contributed by atoms with Gasteiger partial charge in [0.1, 0.15) is 0 Å². The van der Waals surface area contributed by atoms with Gasteiger partial charge >= 0.3 is 0 Å². The smallest absolute Gasteiger partial charge is 0.0688 e. The molecule has 21 heavy (non-hydrogen) atoms. The maximum Gasteiger partial charge on any atom is 0.0688 e. The highest BCUT2D eigenvalue weighted by atomic mass is 15.3. The lowest BCUT2D eigenvalue weighted by Crippen LogP contribution is -2.31. The Hall–Kier alpha value is -2.50. The zero-order valence-electron chi connectivity index (χ0n) is 11.6. The van der Waals surface area contributed by atoms with Crippen LogP contribution in [-0.4, -0.2) is 14.8 Å². The molecule has 3 aromatic rings. The zero-order chi connectivity index (χ0) is 14.5. The molecule has 1 unspecified atom stereocenters. The molecule has 1 atom stereocenters. The molecule has 0 aliphatic heterocycles. The van der Waals surface area contributed by atoms with E-state index in [4.69, 9.17) is 5.84 Å². The van der Waals surface area contributed by atoms with Crippen LogP contribution in [0.4, 0.5) is 0 Å². The van der Waals surface area contributed by atoms with Gasteiger partial charge in [-0.05, 0) is 30.3 Å². The third-order valence-corrected chi connectivity index (χ3v) is 3.37. The summed E-state index contributed by atoms with van der Waals surface area (Å²) in [6.07, 6.45) is 4.28. The molecule has 2 aromatic heterocycles. The summed E-state index contributed by atoms with van der Waals surface area (Å²) in [6, 6.07) is 17.8. The van der Waals surface area contributed by atoms with Gasteiger partial charge in [0.2, 0.25) is 0 Å². The maximum absolute atomic E-state index is 5.74. The van der Waals surface area contributed by atoms with Crippen LogP contribution in [0.1, 0.15) is 17.4 Å². The molecule has 3 rings (SSSR count). The van der Waals surface area contributed by atoms with Gasteiger partial charge < -0.3 is 0 Å². The average Bonchev–Trinajstić information content (AvgIpc) is 3.04. The average molecular weight is 279 g/mol. The minimum atomic E-state index is -0.0531. The van der Waals surface area contributed by atoms with Crippen LogP contribution in [0.15, 0.2) is 67.0 Å². The number of hydrogen-bond acceptors (Lipinski definition) is 4. The quantitative estimate of drug-likeness (QED) is 0.554. The molecule has 0 radical (unpaired) electrons. The highest BCUT2D eigenvalue weighted by Gasteiger charge is 2.16. The number of benzene rings is 1. The van der Waals surface area contributed by atoms with E-state index in [2.05, 4.69) is 15.5 Å². The molecule has 0 bridgehead atoms. The van der Waals surface area contributed by atoms with Gasteiger partial charge in [0.15, 0.2) is 0 Å². The van der Waals surface area contributed by atoms with E-state index in [-0.39, 0.29) is 6.04 Å². The van der Waals surface area contributed by atoms with Crippen molar-refractivity contribution in [2.45, 2.75) is 12.5 Å². The first-order chi connectivity index (χ1) is 10.4. The molecule has 0 saturated heterocycles. The van der Waals surface area contributed by atoms with Crippen molar-refractivity contribution in [3.05, 3.63) is 78.4 Å². The first-order valence-corrected chi connectivity index (χ1v) is 6.84. The van der Waals surface area contributed by atoms with Crippen LogP contribution in [0.5, 0.6) is 0 Å². The Morgan fingerprint density at radius 2 is 1.81 bits per heavy atom. The van der Waals surface area contributed by atoms with Gasteiger partial charge in [-0.3, -0.25) is 16.3 Å². The van der Waals surface area contributed by atoms with Crippen LogP contribution >= 0.6 is 0 Å². The Bertz CT molecular complexity index is 678. The van der Waals surface area contributed by atoms with E-state index >= 15 is 0 Å². The predicted octanol–water partition coefficient (Wildman–Crippen LogP) is 2.01. The van der Waals surface area contributed by atoms with E-state index in [0.29, 0.717) is 6.42 Å². The van der Waals surface area contributed by atoms with Crippen LogP contribution in [0.3, 0.4) is 0 Å². The Balaban J connectivity index is 1.90. The number of aromatic nitrogens is 3. The second kappa shape index (κ2) is 6.30. The summed E-state index contributed by atoms with van der Waals surface area (Å²) in [5, 5.41) is 4.40. The molecule has 0 saturated carbocycles. The fourth-order valence-electron chi connectivity index (χ4n) is 2.34. The van der Waals surface area contributed by atoms with Crippen molar-refractivity contribution in [1.82, 2.24) is 20.2 Å². The van der Waals surface area contributed by atoms with Gasteiger partial charge in [0.05, 0.1) is 17.4 Å². The lowest BCUT2D eigenvalue weighted by molar-refractivity contribution is 0.517. The SMILES string of the molecule is NNC(Cc1ccccn1)c1ccnn1-c1ccccc1. The van der Waals surface area contributed by atoms with E-state index in [9.17, 15) is 0 Å². The van der Waals surface area contributed by atoms with Crippen LogP contribution in [0.2, 0.25) is 0 Å².